The number of amides is 1. The number of halogens is 2. The molecule has 0 aliphatic heterocycles. The molecule has 2 rings (SSSR count). The SMILES string of the molecule is C[C@H]1[C@H](C)CCC[C@@H]1NC(=O)COC(=O)c1cc(Cl)ccc1Cl. The fourth-order valence-electron chi connectivity index (χ4n) is 2.90. The molecule has 1 aliphatic carbocycles. The fraction of sp³-hybridized carbons (Fsp3) is 0.529. The highest BCUT2D eigenvalue weighted by Crippen LogP contribution is 2.29. The van der Waals surface area contributed by atoms with Crippen molar-refractivity contribution >= 4 is 35.1 Å². The average molecular weight is 358 g/mol. The molecule has 0 unspecified atom stereocenters. The van der Waals surface area contributed by atoms with Crippen LogP contribution in [-0.2, 0) is 9.53 Å². The van der Waals surface area contributed by atoms with Crippen molar-refractivity contribution in [1.29, 1.82) is 0 Å². The summed E-state index contributed by atoms with van der Waals surface area (Å²) >= 11 is 11.8. The number of carbonyl (C=O) groups is 2. The Hall–Kier alpha value is -1.26. The summed E-state index contributed by atoms with van der Waals surface area (Å²) in [5.41, 5.74) is 0.159. The molecule has 0 saturated heterocycles. The third-order valence-corrected chi connectivity index (χ3v) is 5.10. The second kappa shape index (κ2) is 8.02. The minimum Gasteiger partial charge on any atom is -0.452 e. The van der Waals surface area contributed by atoms with Crippen molar-refractivity contribution in [3.63, 3.8) is 0 Å². The lowest BCUT2D eigenvalue weighted by Gasteiger charge is -2.34. The van der Waals surface area contributed by atoms with Crippen LogP contribution in [0.25, 0.3) is 0 Å². The van der Waals surface area contributed by atoms with Crippen LogP contribution in [0.2, 0.25) is 10.0 Å². The molecule has 1 amide bonds. The molecule has 0 radical (unpaired) electrons. The summed E-state index contributed by atoms with van der Waals surface area (Å²) in [5.74, 6) is 0.0628. The predicted octanol–water partition coefficient (Wildman–Crippen LogP) is 4.09. The maximum Gasteiger partial charge on any atom is 0.340 e. The highest BCUT2D eigenvalue weighted by Gasteiger charge is 2.28. The Labute approximate surface area is 146 Å². The smallest absolute Gasteiger partial charge is 0.340 e. The second-order valence-electron chi connectivity index (χ2n) is 6.14. The summed E-state index contributed by atoms with van der Waals surface area (Å²) in [4.78, 5) is 24.0. The molecule has 1 fully saturated rings. The van der Waals surface area contributed by atoms with E-state index < -0.39 is 5.97 Å². The summed E-state index contributed by atoms with van der Waals surface area (Å²) in [7, 11) is 0. The molecule has 1 N–H and O–H groups in total. The van der Waals surface area contributed by atoms with Gasteiger partial charge in [-0.05, 0) is 36.5 Å². The molecule has 0 aromatic heterocycles. The van der Waals surface area contributed by atoms with Crippen LogP contribution in [0.1, 0.15) is 43.5 Å². The van der Waals surface area contributed by atoms with Crippen molar-refractivity contribution in [3.8, 4) is 0 Å². The molecule has 3 atom stereocenters. The van der Waals surface area contributed by atoms with E-state index in [9.17, 15) is 9.59 Å². The topological polar surface area (TPSA) is 55.4 Å². The predicted molar refractivity (Wildman–Crippen MR) is 90.9 cm³/mol. The lowest BCUT2D eigenvalue weighted by atomic mass is 9.78. The van der Waals surface area contributed by atoms with Gasteiger partial charge in [-0.25, -0.2) is 4.79 Å². The summed E-state index contributed by atoms with van der Waals surface area (Å²) in [6.07, 6.45) is 3.26. The van der Waals surface area contributed by atoms with E-state index in [1.54, 1.807) is 6.07 Å². The van der Waals surface area contributed by atoms with Crippen LogP contribution in [-0.4, -0.2) is 24.5 Å². The molecule has 1 aromatic rings. The van der Waals surface area contributed by atoms with Gasteiger partial charge in [0.1, 0.15) is 0 Å². The van der Waals surface area contributed by atoms with E-state index in [1.807, 2.05) is 0 Å². The maximum absolute atomic E-state index is 12.0. The van der Waals surface area contributed by atoms with E-state index in [0.717, 1.165) is 12.8 Å². The zero-order valence-electron chi connectivity index (χ0n) is 13.3. The Morgan fingerprint density at radius 2 is 2.00 bits per heavy atom. The van der Waals surface area contributed by atoms with Gasteiger partial charge in [0.15, 0.2) is 6.61 Å². The molecule has 1 saturated carbocycles. The van der Waals surface area contributed by atoms with Crippen LogP contribution >= 0.6 is 23.2 Å². The van der Waals surface area contributed by atoms with Gasteiger partial charge in [-0.15, -0.1) is 0 Å². The van der Waals surface area contributed by atoms with Crippen LogP contribution in [0.15, 0.2) is 18.2 Å². The molecule has 4 nitrogen and oxygen atoms in total. The van der Waals surface area contributed by atoms with Crippen molar-refractivity contribution < 1.29 is 14.3 Å². The molecule has 1 aromatic carbocycles. The molecule has 23 heavy (non-hydrogen) atoms. The number of esters is 1. The lowest BCUT2D eigenvalue weighted by Crippen LogP contribution is -2.45. The van der Waals surface area contributed by atoms with E-state index in [-0.39, 0.29) is 29.1 Å². The first-order valence-electron chi connectivity index (χ1n) is 7.80. The number of hydrogen-bond donors (Lipinski definition) is 1. The lowest BCUT2D eigenvalue weighted by molar-refractivity contribution is -0.125. The second-order valence-corrected chi connectivity index (χ2v) is 6.99. The van der Waals surface area contributed by atoms with Crippen LogP contribution < -0.4 is 5.32 Å². The zero-order chi connectivity index (χ0) is 17.0. The highest BCUT2D eigenvalue weighted by molar-refractivity contribution is 6.35. The number of nitrogens with one attached hydrogen (secondary N) is 1. The number of carbonyl (C=O) groups excluding carboxylic acids is 2. The van der Waals surface area contributed by atoms with E-state index in [2.05, 4.69) is 19.2 Å². The van der Waals surface area contributed by atoms with Crippen molar-refractivity contribution in [1.82, 2.24) is 5.32 Å². The van der Waals surface area contributed by atoms with E-state index in [1.165, 1.54) is 18.6 Å². The van der Waals surface area contributed by atoms with Gasteiger partial charge >= 0.3 is 5.97 Å². The molecule has 0 bridgehead atoms. The van der Waals surface area contributed by atoms with Gasteiger partial charge in [0.2, 0.25) is 0 Å². The van der Waals surface area contributed by atoms with Crippen molar-refractivity contribution in [2.24, 2.45) is 11.8 Å². The zero-order valence-corrected chi connectivity index (χ0v) is 14.8. The summed E-state index contributed by atoms with van der Waals surface area (Å²) in [5, 5.41) is 3.59. The van der Waals surface area contributed by atoms with Crippen molar-refractivity contribution in [2.75, 3.05) is 6.61 Å². The van der Waals surface area contributed by atoms with Gasteiger partial charge in [-0.2, -0.15) is 0 Å². The van der Waals surface area contributed by atoms with Crippen molar-refractivity contribution in [3.05, 3.63) is 33.8 Å². The molecule has 0 spiro atoms. The van der Waals surface area contributed by atoms with Gasteiger partial charge in [0.25, 0.3) is 5.91 Å². The summed E-state index contributed by atoms with van der Waals surface area (Å²) in [6, 6.07) is 4.67. The minimum absolute atomic E-state index is 0.139. The quantitative estimate of drug-likeness (QED) is 0.825. The highest BCUT2D eigenvalue weighted by atomic mass is 35.5. The molecular weight excluding hydrogens is 337 g/mol. The standard InChI is InChI=1S/C17H21Cl2NO3/c1-10-4-3-5-15(11(10)2)20-16(21)9-23-17(22)13-8-12(18)6-7-14(13)19/h6-8,10-11,15H,3-5,9H2,1-2H3,(H,20,21)/t10-,11+,15+/m1/s1. The molecular formula is C17H21Cl2NO3. The Balaban J connectivity index is 1.86. The maximum atomic E-state index is 12.0. The van der Waals surface area contributed by atoms with Gasteiger partial charge in [-0.1, -0.05) is 49.9 Å². The van der Waals surface area contributed by atoms with Gasteiger partial charge in [0.05, 0.1) is 10.6 Å². The molecule has 0 heterocycles. The Morgan fingerprint density at radius 3 is 2.74 bits per heavy atom. The minimum atomic E-state index is -0.655. The summed E-state index contributed by atoms with van der Waals surface area (Å²) < 4.78 is 5.04. The average Bonchev–Trinajstić information content (AvgIpc) is 2.52. The fourth-order valence-corrected chi connectivity index (χ4v) is 3.26. The first-order chi connectivity index (χ1) is 10.9. The van der Waals surface area contributed by atoms with E-state index in [0.29, 0.717) is 16.9 Å². The normalized spacial score (nSPS) is 24.1. The van der Waals surface area contributed by atoms with Crippen LogP contribution in [0.3, 0.4) is 0 Å². The Bertz CT molecular complexity index is 591. The van der Waals surface area contributed by atoms with Gasteiger partial charge < -0.3 is 10.1 Å². The number of hydrogen-bond acceptors (Lipinski definition) is 3. The van der Waals surface area contributed by atoms with Crippen LogP contribution in [0.4, 0.5) is 0 Å². The molecule has 126 valence electrons. The third kappa shape index (κ3) is 4.85. The number of rotatable bonds is 4. The van der Waals surface area contributed by atoms with E-state index >= 15 is 0 Å². The molecule has 6 heteroatoms. The first kappa shape index (κ1) is 18.1. The van der Waals surface area contributed by atoms with Crippen molar-refractivity contribution in [2.45, 2.75) is 39.2 Å². The van der Waals surface area contributed by atoms with Crippen LogP contribution in [0, 0.1) is 11.8 Å². The Kier molecular flexibility index (Phi) is 6.31. The number of benzene rings is 1. The van der Waals surface area contributed by atoms with E-state index in [4.69, 9.17) is 27.9 Å². The van der Waals surface area contributed by atoms with Gasteiger partial charge in [-0.3, -0.25) is 4.79 Å². The first-order valence-corrected chi connectivity index (χ1v) is 8.55. The largest absolute Gasteiger partial charge is 0.452 e. The molecule has 1 aliphatic rings. The summed E-state index contributed by atoms with van der Waals surface area (Å²) in [6.45, 7) is 4.02. The van der Waals surface area contributed by atoms with Crippen LogP contribution in [0.5, 0.6) is 0 Å². The third-order valence-electron chi connectivity index (χ3n) is 4.54. The Morgan fingerprint density at radius 1 is 1.26 bits per heavy atom. The monoisotopic (exact) mass is 357 g/mol. The number of ether oxygens (including phenoxy) is 1. The van der Waals surface area contributed by atoms with Gasteiger partial charge in [0, 0.05) is 11.1 Å².